The minimum absolute atomic E-state index is 0.195. The van der Waals surface area contributed by atoms with Crippen molar-refractivity contribution in [1.82, 2.24) is 4.37 Å². The van der Waals surface area contributed by atoms with Crippen molar-refractivity contribution in [3.63, 3.8) is 0 Å². The Balaban J connectivity index is 2.54. The molecule has 0 spiro atoms. The van der Waals surface area contributed by atoms with Crippen molar-refractivity contribution in [3.8, 4) is 17.1 Å². The quantitative estimate of drug-likeness (QED) is 0.689. The lowest BCUT2D eigenvalue weighted by Gasteiger charge is -2.00. The van der Waals surface area contributed by atoms with Crippen LogP contribution in [0.3, 0.4) is 0 Å². The first-order valence-corrected chi connectivity index (χ1v) is 5.08. The highest BCUT2D eigenvalue weighted by molar-refractivity contribution is 6.95. The van der Waals surface area contributed by atoms with Gasteiger partial charge in [0.1, 0.15) is 0 Å². The fourth-order valence-electron chi connectivity index (χ4n) is 1.23. The summed E-state index contributed by atoms with van der Waals surface area (Å²) in [4.78, 5) is 0. The second-order valence-corrected chi connectivity index (χ2v) is 4.16. The molecule has 1 aromatic heterocycles. The third-order valence-corrected chi connectivity index (χ3v) is 2.81. The Kier molecular flexibility index (Phi) is 2.39. The van der Waals surface area contributed by atoms with Crippen LogP contribution in [0.1, 0.15) is 0 Å². The molecule has 72 valence electrons. The number of nitrogens with zero attached hydrogens (tertiary/aromatic N) is 2. The zero-order valence-corrected chi connectivity index (χ0v) is 8.97. The van der Waals surface area contributed by atoms with Gasteiger partial charge < -0.3 is 5.11 Å². The monoisotopic (exact) mass is 226 g/mol. The molecule has 0 bridgehead atoms. The van der Waals surface area contributed by atoms with Crippen molar-refractivity contribution in [2.75, 3.05) is 0 Å². The van der Waals surface area contributed by atoms with Gasteiger partial charge in [-0.05, 0) is 24.3 Å². The number of halogens is 1. The molecule has 0 amide bonds. The summed E-state index contributed by atoms with van der Waals surface area (Å²) in [5, 5.41) is 12.0. The summed E-state index contributed by atoms with van der Waals surface area (Å²) >= 11 is 6.91. The fourth-order valence-corrected chi connectivity index (χ4v) is 1.90. The van der Waals surface area contributed by atoms with Crippen molar-refractivity contribution in [2.45, 2.75) is 0 Å². The predicted molar refractivity (Wildman–Crippen MR) is 53.2 cm³/mol. The molecule has 1 heterocycles. The van der Waals surface area contributed by atoms with Gasteiger partial charge in [0.25, 0.3) is 11.7 Å². The molecular formula is C9H7ClN2OS. The highest BCUT2D eigenvalue weighted by Crippen LogP contribution is 2.23. The SMILES string of the molecule is C[n+]1snc([O-])c1-c1ccc(Cl)cc1. The van der Waals surface area contributed by atoms with E-state index in [1.54, 1.807) is 16.1 Å². The molecule has 0 atom stereocenters. The van der Waals surface area contributed by atoms with Crippen LogP contribution >= 0.6 is 23.3 Å². The molecule has 0 N–H and O–H groups in total. The molecule has 0 aliphatic heterocycles. The van der Waals surface area contributed by atoms with E-state index in [0.717, 1.165) is 17.3 Å². The minimum atomic E-state index is -0.195. The molecule has 3 nitrogen and oxygen atoms in total. The van der Waals surface area contributed by atoms with E-state index in [4.69, 9.17) is 11.6 Å². The van der Waals surface area contributed by atoms with E-state index in [-0.39, 0.29) is 5.88 Å². The maximum absolute atomic E-state index is 11.4. The molecule has 0 fully saturated rings. The van der Waals surface area contributed by atoms with Crippen LogP contribution in [-0.4, -0.2) is 4.37 Å². The first-order chi connectivity index (χ1) is 6.68. The largest absolute Gasteiger partial charge is 0.835 e. The Labute approximate surface area is 90.5 Å². The summed E-state index contributed by atoms with van der Waals surface area (Å²) in [6.45, 7) is 0. The van der Waals surface area contributed by atoms with Gasteiger partial charge in [-0.1, -0.05) is 11.6 Å². The zero-order chi connectivity index (χ0) is 10.1. The predicted octanol–water partition coefficient (Wildman–Crippen LogP) is 1.36. The molecule has 1 aromatic carbocycles. The molecule has 5 heteroatoms. The smallest absolute Gasteiger partial charge is 0.276 e. The Bertz CT molecular complexity index is 433. The van der Waals surface area contributed by atoms with Gasteiger partial charge in [0.15, 0.2) is 11.6 Å². The maximum Gasteiger partial charge on any atom is 0.276 e. The Morgan fingerprint density at radius 2 is 2.00 bits per heavy atom. The number of hydrogen-bond donors (Lipinski definition) is 0. The summed E-state index contributed by atoms with van der Waals surface area (Å²) in [5.74, 6) is -0.195. The summed E-state index contributed by atoms with van der Waals surface area (Å²) < 4.78 is 5.47. The fraction of sp³-hybridized carbons (Fsp3) is 0.111. The number of rotatable bonds is 1. The van der Waals surface area contributed by atoms with Gasteiger partial charge in [-0.25, -0.2) is 0 Å². The highest BCUT2D eigenvalue weighted by Gasteiger charge is 2.13. The lowest BCUT2D eigenvalue weighted by molar-refractivity contribution is -0.591. The van der Waals surface area contributed by atoms with E-state index in [1.165, 1.54) is 0 Å². The van der Waals surface area contributed by atoms with Crippen LogP contribution in [0.2, 0.25) is 5.02 Å². The second kappa shape index (κ2) is 3.55. The zero-order valence-electron chi connectivity index (χ0n) is 7.40. The van der Waals surface area contributed by atoms with E-state index in [1.807, 2.05) is 19.2 Å². The third-order valence-electron chi connectivity index (χ3n) is 1.88. The van der Waals surface area contributed by atoms with E-state index >= 15 is 0 Å². The standard InChI is InChI=1S/C9H7ClN2OS/c1-12-8(9(13)11-14-12)6-2-4-7(10)5-3-6/h2-5H,1H3. The Morgan fingerprint density at radius 1 is 1.36 bits per heavy atom. The lowest BCUT2D eigenvalue weighted by atomic mass is 10.1. The maximum atomic E-state index is 11.4. The Hall–Kier alpha value is -1.13. The van der Waals surface area contributed by atoms with Gasteiger partial charge in [0.2, 0.25) is 0 Å². The van der Waals surface area contributed by atoms with E-state index < -0.39 is 0 Å². The molecule has 0 radical (unpaired) electrons. The van der Waals surface area contributed by atoms with Crippen LogP contribution in [0.15, 0.2) is 24.3 Å². The average molecular weight is 227 g/mol. The van der Waals surface area contributed by atoms with E-state index in [9.17, 15) is 5.11 Å². The average Bonchev–Trinajstić information content (AvgIpc) is 2.49. The van der Waals surface area contributed by atoms with Crippen molar-refractivity contribution < 1.29 is 9.06 Å². The van der Waals surface area contributed by atoms with E-state index in [2.05, 4.69) is 4.37 Å². The van der Waals surface area contributed by atoms with Crippen LogP contribution < -0.4 is 9.06 Å². The van der Waals surface area contributed by atoms with Crippen LogP contribution in [-0.2, 0) is 7.05 Å². The van der Waals surface area contributed by atoms with Crippen LogP contribution in [0.4, 0.5) is 0 Å². The van der Waals surface area contributed by atoms with Crippen LogP contribution in [0, 0.1) is 0 Å². The molecule has 0 aliphatic carbocycles. The molecule has 0 unspecified atom stereocenters. The molecule has 0 aliphatic rings. The van der Waals surface area contributed by atoms with Gasteiger partial charge in [-0.2, -0.15) is 3.96 Å². The van der Waals surface area contributed by atoms with Crippen LogP contribution in [0.25, 0.3) is 11.3 Å². The van der Waals surface area contributed by atoms with Crippen molar-refractivity contribution in [2.24, 2.45) is 7.05 Å². The number of aromatic nitrogens is 2. The van der Waals surface area contributed by atoms with Gasteiger partial charge >= 0.3 is 0 Å². The summed E-state index contributed by atoms with van der Waals surface area (Å²) in [6.07, 6.45) is 0. The third kappa shape index (κ3) is 1.58. The highest BCUT2D eigenvalue weighted by atomic mass is 35.5. The first kappa shape index (κ1) is 9.43. The summed E-state index contributed by atoms with van der Waals surface area (Å²) in [5.41, 5.74) is 1.45. The van der Waals surface area contributed by atoms with Crippen molar-refractivity contribution >= 4 is 23.3 Å². The first-order valence-electron chi connectivity index (χ1n) is 3.97. The van der Waals surface area contributed by atoms with Gasteiger partial charge in [-0.3, -0.25) is 0 Å². The van der Waals surface area contributed by atoms with Gasteiger partial charge in [-0.15, -0.1) is 0 Å². The molecule has 2 rings (SSSR count). The normalized spacial score (nSPS) is 10.4. The lowest BCUT2D eigenvalue weighted by Crippen LogP contribution is -2.24. The van der Waals surface area contributed by atoms with Crippen molar-refractivity contribution in [1.29, 1.82) is 0 Å². The van der Waals surface area contributed by atoms with Crippen LogP contribution in [0.5, 0.6) is 5.88 Å². The Morgan fingerprint density at radius 3 is 2.50 bits per heavy atom. The molecule has 0 saturated carbocycles. The molecule has 14 heavy (non-hydrogen) atoms. The second-order valence-electron chi connectivity index (χ2n) is 2.83. The molecule has 0 saturated heterocycles. The number of hydrogen-bond acceptors (Lipinski definition) is 3. The number of aryl methyl sites for hydroxylation is 1. The van der Waals surface area contributed by atoms with E-state index in [0.29, 0.717) is 10.7 Å². The minimum Gasteiger partial charge on any atom is -0.835 e. The van der Waals surface area contributed by atoms with Gasteiger partial charge in [0.05, 0.1) is 7.05 Å². The summed E-state index contributed by atoms with van der Waals surface area (Å²) in [7, 11) is 1.81. The summed E-state index contributed by atoms with van der Waals surface area (Å²) in [6, 6.07) is 7.14. The molecular weight excluding hydrogens is 220 g/mol. The van der Waals surface area contributed by atoms with Gasteiger partial charge in [0, 0.05) is 15.0 Å². The number of benzene rings is 1. The van der Waals surface area contributed by atoms with Crippen molar-refractivity contribution in [3.05, 3.63) is 29.3 Å². The molecule has 2 aromatic rings. The topological polar surface area (TPSA) is 39.8 Å².